The lowest BCUT2D eigenvalue weighted by atomic mass is 10.2. The van der Waals surface area contributed by atoms with Crippen molar-refractivity contribution in [3.05, 3.63) is 22.4 Å². The van der Waals surface area contributed by atoms with E-state index in [0.717, 1.165) is 6.42 Å². The highest BCUT2D eigenvalue weighted by atomic mass is 79.9. The Morgan fingerprint density at radius 3 is 2.93 bits per heavy atom. The highest BCUT2D eigenvalue weighted by Gasteiger charge is 2.04. The Bertz CT molecular complexity index is 333. The minimum atomic E-state index is -0.321. The number of nitrogen functional groups attached to an aromatic ring is 1. The Labute approximate surface area is 96.9 Å². The van der Waals surface area contributed by atoms with Gasteiger partial charge in [-0.05, 0) is 28.4 Å². The Kier molecular flexibility index (Phi) is 4.84. The first-order valence-corrected chi connectivity index (χ1v) is 5.41. The van der Waals surface area contributed by atoms with E-state index >= 15 is 0 Å². The van der Waals surface area contributed by atoms with Gasteiger partial charge in [0, 0.05) is 26.3 Å². The molecule has 0 fully saturated rings. The third-order valence-electron chi connectivity index (χ3n) is 1.93. The molecule has 0 aliphatic heterocycles. The van der Waals surface area contributed by atoms with Crippen molar-refractivity contribution < 1.29 is 9.13 Å². The molecule has 84 valence electrons. The van der Waals surface area contributed by atoms with E-state index in [0.29, 0.717) is 29.0 Å². The number of hydrogen-bond donors (Lipinski definition) is 2. The maximum absolute atomic E-state index is 13.2. The summed E-state index contributed by atoms with van der Waals surface area (Å²) in [6, 6.07) is 2.93. The van der Waals surface area contributed by atoms with Crippen molar-refractivity contribution in [2.45, 2.75) is 6.42 Å². The van der Waals surface area contributed by atoms with Crippen LogP contribution in [-0.4, -0.2) is 20.3 Å². The molecule has 0 aliphatic rings. The molecular weight excluding hydrogens is 263 g/mol. The molecule has 0 aromatic heterocycles. The highest BCUT2D eigenvalue weighted by Crippen LogP contribution is 2.26. The van der Waals surface area contributed by atoms with Crippen molar-refractivity contribution in [1.29, 1.82) is 0 Å². The van der Waals surface area contributed by atoms with Crippen molar-refractivity contribution in [1.82, 2.24) is 0 Å². The normalized spacial score (nSPS) is 10.3. The van der Waals surface area contributed by atoms with Crippen LogP contribution in [0, 0.1) is 5.82 Å². The molecule has 1 aromatic carbocycles. The molecule has 0 saturated carbocycles. The summed E-state index contributed by atoms with van der Waals surface area (Å²) in [5.74, 6) is -0.321. The molecule has 3 N–H and O–H groups in total. The minimum Gasteiger partial charge on any atom is -0.397 e. The largest absolute Gasteiger partial charge is 0.397 e. The number of rotatable bonds is 5. The molecule has 0 aliphatic carbocycles. The fraction of sp³-hybridized carbons (Fsp3) is 0.400. The Balaban J connectivity index is 2.57. The van der Waals surface area contributed by atoms with Gasteiger partial charge in [0.1, 0.15) is 5.82 Å². The van der Waals surface area contributed by atoms with Crippen LogP contribution >= 0.6 is 15.9 Å². The van der Waals surface area contributed by atoms with Gasteiger partial charge in [-0.1, -0.05) is 0 Å². The van der Waals surface area contributed by atoms with E-state index in [1.54, 1.807) is 13.2 Å². The SMILES string of the molecule is COCCCNc1cc(F)c(Br)cc1N. The molecule has 15 heavy (non-hydrogen) atoms. The fourth-order valence-electron chi connectivity index (χ4n) is 1.15. The van der Waals surface area contributed by atoms with E-state index in [9.17, 15) is 4.39 Å². The van der Waals surface area contributed by atoms with Crippen LogP contribution in [0.15, 0.2) is 16.6 Å². The van der Waals surface area contributed by atoms with Gasteiger partial charge in [0.15, 0.2) is 0 Å². The summed E-state index contributed by atoms with van der Waals surface area (Å²) < 4.78 is 18.4. The molecule has 0 atom stereocenters. The average Bonchev–Trinajstić information content (AvgIpc) is 2.20. The summed E-state index contributed by atoms with van der Waals surface area (Å²) in [6.07, 6.45) is 0.855. The molecule has 0 radical (unpaired) electrons. The topological polar surface area (TPSA) is 47.3 Å². The Hall–Kier alpha value is -0.810. The molecule has 1 rings (SSSR count). The fourth-order valence-corrected chi connectivity index (χ4v) is 1.52. The van der Waals surface area contributed by atoms with Gasteiger partial charge in [0.05, 0.1) is 15.8 Å². The second-order valence-corrected chi connectivity index (χ2v) is 3.98. The summed E-state index contributed by atoms with van der Waals surface area (Å²) >= 11 is 3.07. The van der Waals surface area contributed by atoms with Crippen molar-refractivity contribution in [2.75, 3.05) is 31.3 Å². The first-order valence-electron chi connectivity index (χ1n) is 4.62. The average molecular weight is 277 g/mol. The molecule has 1 aromatic rings. The number of anilines is 2. The Morgan fingerprint density at radius 1 is 1.53 bits per heavy atom. The van der Waals surface area contributed by atoms with Gasteiger partial charge in [-0.25, -0.2) is 4.39 Å². The predicted octanol–water partition coefficient (Wildman–Crippen LogP) is 2.62. The standard InChI is InChI=1S/C10H14BrFN2O/c1-15-4-2-3-14-10-6-8(12)7(11)5-9(10)13/h5-6,14H,2-4,13H2,1H3. The van der Waals surface area contributed by atoms with Gasteiger partial charge >= 0.3 is 0 Å². The minimum absolute atomic E-state index is 0.321. The van der Waals surface area contributed by atoms with Crippen LogP contribution < -0.4 is 11.1 Å². The summed E-state index contributed by atoms with van der Waals surface area (Å²) in [5.41, 5.74) is 6.86. The van der Waals surface area contributed by atoms with Crippen LogP contribution in [0.3, 0.4) is 0 Å². The molecule has 5 heteroatoms. The lowest BCUT2D eigenvalue weighted by Crippen LogP contribution is -2.07. The molecule has 0 saturated heterocycles. The van der Waals surface area contributed by atoms with Crippen molar-refractivity contribution in [3.63, 3.8) is 0 Å². The maximum atomic E-state index is 13.2. The van der Waals surface area contributed by atoms with E-state index in [1.807, 2.05) is 0 Å². The second kappa shape index (κ2) is 5.92. The third kappa shape index (κ3) is 3.68. The molecule has 0 spiro atoms. The lowest BCUT2D eigenvalue weighted by molar-refractivity contribution is 0.198. The van der Waals surface area contributed by atoms with Gasteiger partial charge in [-0.2, -0.15) is 0 Å². The van der Waals surface area contributed by atoms with Crippen LogP contribution in [0.25, 0.3) is 0 Å². The van der Waals surface area contributed by atoms with E-state index in [2.05, 4.69) is 21.2 Å². The number of methoxy groups -OCH3 is 1. The van der Waals surface area contributed by atoms with Crippen molar-refractivity contribution >= 4 is 27.3 Å². The van der Waals surface area contributed by atoms with E-state index in [-0.39, 0.29) is 5.82 Å². The van der Waals surface area contributed by atoms with Gasteiger partial charge < -0.3 is 15.8 Å². The van der Waals surface area contributed by atoms with Crippen molar-refractivity contribution in [2.24, 2.45) is 0 Å². The summed E-state index contributed by atoms with van der Waals surface area (Å²) in [6.45, 7) is 1.38. The van der Waals surface area contributed by atoms with Crippen LogP contribution in [0.2, 0.25) is 0 Å². The number of halogens is 2. The summed E-state index contributed by atoms with van der Waals surface area (Å²) in [5, 5.41) is 3.05. The lowest BCUT2D eigenvalue weighted by Gasteiger charge is -2.09. The molecule has 3 nitrogen and oxygen atoms in total. The van der Waals surface area contributed by atoms with Crippen LogP contribution in [-0.2, 0) is 4.74 Å². The zero-order valence-corrected chi connectivity index (χ0v) is 10.1. The van der Waals surface area contributed by atoms with Crippen LogP contribution in [0.5, 0.6) is 0 Å². The first-order chi connectivity index (χ1) is 7.15. The summed E-state index contributed by atoms with van der Waals surface area (Å²) in [4.78, 5) is 0. The second-order valence-electron chi connectivity index (χ2n) is 3.13. The third-order valence-corrected chi connectivity index (χ3v) is 2.54. The van der Waals surface area contributed by atoms with Gasteiger partial charge in [-0.15, -0.1) is 0 Å². The number of nitrogens with two attached hydrogens (primary N) is 1. The molecule has 0 amide bonds. The van der Waals surface area contributed by atoms with Gasteiger partial charge in [0.2, 0.25) is 0 Å². The van der Waals surface area contributed by atoms with Crippen molar-refractivity contribution in [3.8, 4) is 0 Å². The molecule has 0 bridgehead atoms. The predicted molar refractivity (Wildman–Crippen MR) is 63.5 cm³/mol. The van der Waals surface area contributed by atoms with E-state index in [1.165, 1.54) is 6.07 Å². The maximum Gasteiger partial charge on any atom is 0.139 e. The van der Waals surface area contributed by atoms with Crippen LogP contribution in [0.4, 0.5) is 15.8 Å². The van der Waals surface area contributed by atoms with Gasteiger partial charge in [0.25, 0.3) is 0 Å². The monoisotopic (exact) mass is 276 g/mol. The quantitative estimate of drug-likeness (QED) is 0.642. The smallest absolute Gasteiger partial charge is 0.139 e. The zero-order chi connectivity index (χ0) is 11.3. The van der Waals surface area contributed by atoms with Crippen LogP contribution in [0.1, 0.15) is 6.42 Å². The van der Waals surface area contributed by atoms with E-state index in [4.69, 9.17) is 10.5 Å². The number of nitrogens with one attached hydrogen (secondary N) is 1. The molecular formula is C10H14BrFN2O. The number of ether oxygens (including phenoxy) is 1. The highest BCUT2D eigenvalue weighted by molar-refractivity contribution is 9.10. The zero-order valence-electron chi connectivity index (χ0n) is 8.52. The molecule has 0 unspecified atom stereocenters. The Morgan fingerprint density at radius 2 is 2.27 bits per heavy atom. The first kappa shape index (κ1) is 12.3. The molecule has 0 heterocycles. The van der Waals surface area contributed by atoms with E-state index < -0.39 is 0 Å². The number of benzene rings is 1. The summed E-state index contributed by atoms with van der Waals surface area (Å²) in [7, 11) is 1.65. The van der Waals surface area contributed by atoms with Gasteiger partial charge in [-0.3, -0.25) is 0 Å². The number of hydrogen-bond acceptors (Lipinski definition) is 3.